The van der Waals surface area contributed by atoms with Crippen molar-refractivity contribution in [3.05, 3.63) is 64.2 Å². The van der Waals surface area contributed by atoms with Crippen molar-refractivity contribution < 1.29 is 17.2 Å². The molecule has 2 N–H and O–H groups in total. The number of halogens is 3. The summed E-state index contributed by atoms with van der Waals surface area (Å²) in [4.78, 5) is 0.148. The Morgan fingerprint density at radius 2 is 1.62 bits per heavy atom. The van der Waals surface area contributed by atoms with Crippen molar-refractivity contribution in [1.29, 1.82) is 0 Å². The fourth-order valence-electron chi connectivity index (χ4n) is 1.88. The molecule has 21 heavy (non-hydrogen) atoms. The van der Waals surface area contributed by atoms with Crippen LogP contribution < -0.4 is 5.73 Å². The summed E-state index contributed by atoms with van der Waals surface area (Å²) in [7, 11) is -3.31. The molecular formula is C14H12ClF2NO2S. The highest BCUT2D eigenvalue weighted by molar-refractivity contribution is 7.90. The molecule has 2 aromatic carbocycles. The van der Waals surface area contributed by atoms with E-state index in [0.717, 1.165) is 18.4 Å². The highest BCUT2D eigenvalue weighted by Crippen LogP contribution is 2.29. The van der Waals surface area contributed by atoms with Crippen LogP contribution in [0.4, 0.5) is 8.78 Å². The average molecular weight is 332 g/mol. The quantitative estimate of drug-likeness (QED) is 0.879. The van der Waals surface area contributed by atoms with E-state index in [-0.39, 0.29) is 15.5 Å². The lowest BCUT2D eigenvalue weighted by Crippen LogP contribution is -2.13. The first kappa shape index (κ1) is 15.9. The summed E-state index contributed by atoms with van der Waals surface area (Å²) in [5.41, 5.74) is 6.73. The average Bonchev–Trinajstić information content (AvgIpc) is 2.41. The van der Waals surface area contributed by atoms with Gasteiger partial charge in [-0.2, -0.15) is 0 Å². The van der Waals surface area contributed by atoms with Crippen LogP contribution in [0, 0.1) is 11.6 Å². The van der Waals surface area contributed by atoms with Crippen LogP contribution in [0.5, 0.6) is 0 Å². The highest BCUT2D eigenvalue weighted by atomic mass is 35.5. The number of sulfone groups is 1. The zero-order valence-corrected chi connectivity index (χ0v) is 12.5. The molecule has 0 saturated carbocycles. The van der Waals surface area contributed by atoms with E-state index in [1.54, 1.807) is 0 Å². The molecule has 0 saturated heterocycles. The molecule has 7 heteroatoms. The molecule has 0 amide bonds. The lowest BCUT2D eigenvalue weighted by Gasteiger charge is -2.15. The Hall–Kier alpha value is -1.50. The molecule has 1 unspecified atom stereocenters. The summed E-state index contributed by atoms with van der Waals surface area (Å²) in [6.45, 7) is 0. The number of nitrogens with two attached hydrogens (primary N) is 1. The molecular weight excluding hydrogens is 320 g/mol. The van der Waals surface area contributed by atoms with Crippen molar-refractivity contribution in [1.82, 2.24) is 0 Å². The van der Waals surface area contributed by atoms with Gasteiger partial charge in [-0.3, -0.25) is 0 Å². The van der Waals surface area contributed by atoms with Gasteiger partial charge >= 0.3 is 0 Å². The molecule has 0 aliphatic heterocycles. The third kappa shape index (κ3) is 3.40. The maximum atomic E-state index is 13.3. The third-order valence-electron chi connectivity index (χ3n) is 3.04. The Kier molecular flexibility index (Phi) is 4.32. The lowest BCUT2D eigenvalue weighted by molar-refractivity contribution is 0.506. The van der Waals surface area contributed by atoms with Gasteiger partial charge in [-0.1, -0.05) is 23.7 Å². The molecule has 0 heterocycles. The largest absolute Gasteiger partial charge is 0.320 e. The van der Waals surface area contributed by atoms with E-state index in [1.807, 2.05) is 0 Å². The Morgan fingerprint density at radius 3 is 2.14 bits per heavy atom. The molecule has 3 nitrogen and oxygen atoms in total. The second-order valence-electron chi connectivity index (χ2n) is 4.61. The molecule has 0 aliphatic carbocycles. The molecule has 1 atom stereocenters. The maximum Gasteiger partial charge on any atom is 0.175 e. The fourth-order valence-corrected chi connectivity index (χ4v) is 2.78. The van der Waals surface area contributed by atoms with Crippen LogP contribution in [-0.4, -0.2) is 14.7 Å². The van der Waals surface area contributed by atoms with E-state index >= 15 is 0 Å². The molecule has 0 radical (unpaired) electrons. The summed E-state index contributed by atoms with van der Waals surface area (Å²) in [6, 6.07) is 6.83. The van der Waals surface area contributed by atoms with Crippen LogP contribution in [0.25, 0.3) is 0 Å². The van der Waals surface area contributed by atoms with E-state index in [2.05, 4.69) is 0 Å². The predicted molar refractivity (Wildman–Crippen MR) is 77.0 cm³/mol. The minimum absolute atomic E-state index is 0.00795. The van der Waals surface area contributed by atoms with Crippen LogP contribution in [0.2, 0.25) is 5.02 Å². The molecule has 0 fully saturated rings. The molecule has 2 rings (SSSR count). The van der Waals surface area contributed by atoms with Crippen LogP contribution in [-0.2, 0) is 9.84 Å². The summed E-state index contributed by atoms with van der Waals surface area (Å²) in [5.74, 6) is -2.10. The van der Waals surface area contributed by atoms with Gasteiger partial charge in [0.1, 0.15) is 0 Å². The second kappa shape index (κ2) is 5.71. The predicted octanol–water partition coefficient (Wildman–Crippen LogP) is 3.07. The summed E-state index contributed by atoms with van der Waals surface area (Å²) < 4.78 is 49.1. The minimum Gasteiger partial charge on any atom is -0.320 e. The van der Waals surface area contributed by atoms with Gasteiger partial charge in [0.2, 0.25) is 0 Å². The van der Waals surface area contributed by atoms with Gasteiger partial charge in [0.05, 0.1) is 10.9 Å². The SMILES string of the molecule is CS(=O)(=O)c1ccc(C(N)c2cc(F)c(F)cc2Cl)cc1. The van der Waals surface area contributed by atoms with Gasteiger partial charge in [-0.05, 0) is 35.4 Å². The highest BCUT2D eigenvalue weighted by Gasteiger charge is 2.17. The minimum atomic E-state index is -3.31. The number of benzene rings is 2. The number of hydrogen-bond donors (Lipinski definition) is 1. The first-order valence-electron chi connectivity index (χ1n) is 5.90. The van der Waals surface area contributed by atoms with Crippen molar-refractivity contribution in [3.8, 4) is 0 Å². The second-order valence-corrected chi connectivity index (χ2v) is 7.03. The van der Waals surface area contributed by atoms with Crippen LogP contribution >= 0.6 is 11.6 Å². The fraction of sp³-hybridized carbons (Fsp3) is 0.143. The summed E-state index contributed by atoms with van der Waals surface area (Å²) >= 11 is 5.87. The van der Waals surface area contributed by atoms with Crippen molar-refractivity contribution in [2.45, 2.75) is 10.9 Å². The number of rotatable bonds is 3. The zero-order chi connectivity index (χ0) is 15.8. The van der Waals surface area contributed by atoms with E-state index < -0.39 is 27.5 Å². The van der Waals surface area contributed by atoms with Crippen molar-refractivity contribution in [3.63, 3.8) is 0 Å². The first-order valence-corrected chi connectivity index (χ1v) is 8.17. The van der Waals surface area contributed by atoms with E-state index in [1.165, 1.54) is 24.3 Å². The zero-order valence-electron chi connectivity index (χ0n) is 11.0. The molecule has 0 aromatic heterocycles. The van der Waals surface area contributed by atoms with Gasteiger partial charge in [0.15, 0.2) is 21.5 Å². The molecule has 0 aliphatic rings. The van der Waals surface area contributed by atoms with Crippen molar-refractivity contribution >= 4 is 21.4 Å². The maximum absolute atomic E-state index is 13.3. The Bertz CT molecular complexity index is 776. The summed E-state index contributed by atoms with van der Waals surface area (Å²) in [6.07, 6.45) is 1.09. The monoisotopic (exact) mass is 331 g/mol. The van der Waals surface area contributed by atoms with E-state index in [0.29, 0.717) is 5.56 Å². The van der Waals surface area contributed by atoms with Gasteiger partial charge in [-0.25, -0.2) is 17.2 Å². The Labute approximate surface area is 126 Å². The first-order chi connectivity index (χ1) is 9.70. The van der Waals surface area contributed by atoms with Crippen molar-refractivity contribution in [2.24, 2.45) is 5.73 Å². The third-order valence-corrected chi connectivity index (χ3v) is 4.50. The topological polar surface area (TPSA) is 60.2 Å². The van der Waals surface area contributed by atoms with E-state index in [9.17, 15) is 17.2 Å². The van der Waals surface area contributed by atoms with Gasteiger partial charge in [-0.15, -0.1) is 0 Å². The number of hydrogen-bond acceptors (Lipinski definition) is 3. The Morgan fingerprint density at radius 1 is 1.10 bits per heavy atom. The van der Waals surface area contributed by atoms with E-state index in [4.69, 9.17) is 17.3 Å². The summed E-state index contributed by atoms with van der Waals surface area (Å²) in [5, 5.41) is 0.00795. The van der Waals surface area contributed by atoms with Crippen LogP contribution in [0.1, 0.15) is 17.2 Å². The van der Waals surface area contributed by atoms with Gasteiger partial charge < -0.3 is 5.73 Å². The van der Waals surface area contributed by atoms with Crippen molar-refractivity contribution in [2.75, 3.05) is 6.26 Å². The molecule has 2 aromatic rings. The van der Waals surface area contributed by atoms with Gasteiger partial charge in [0, 0.05) is 11.3 Å². The lowest BCUT2D eigenvalue weighted by atomic mass is 9.99. The van der Waals surface area contributed by atoms with Crippen LogP contribution in [0.3, 0.4) is 0 Å². The molecule has 0 bridgehead atoms. The van der Waals surface area contributed by atoms with Gasteiger partial charge in [0.25, 0.3) is 0 Å². The molecule has 0 spiro atoms. The standard InChI is InChI=1S/C14H12ClF2NO2S/c1-21(19,20)9-4-2-8(3-5-9)14(18)10-6-12(16)13(17)7-11(10)15/h2-7,14H,18H2,1H3. The smallest absolute Gasteiger partial charge is 0.175 e. The molecule has 112 valence electrons. The normalized spacial score (nSPS) is 13.2. The van der Waals surface area contributed by atoms with Crippen LogP contribution in [0.15, 0.2) is 41.3 Å². The Balaban J connectivity index is 2.41.